The highest BCUT2D eigenvalue weighted by Gasteiger charge is 2.36. The Morgan fingerprint density at radius 3 is 2.28 bits per heavy atom. The van der Waals surface area contributed by atoms with Crippen LogP contribution in [0.5, 0.6) is 0 Å². The van der Waals surface area contributed by atoms with E-state index in [1.165, 1.54) is 10.5 Å². The lowest BCUT2D eigenvalue weighted by atomic mass is 10.2. The molecule has 1 fully saturated rings. The Labute approximate surface area is 167 Å². The van der Waals surface area contributed by atoms with Crippen LogP contribution in [-0.4, -0.2) is 54.2 Å². The van der Waals surface area contributed by atoms with Crippen LogP contribution in [-0.2, 0) is 16.2 Å². The lowest BCUT2D eigenvalue weighted by molar-refractivity contribution is -0.137. The topological polar surface area (TPSA) is 70.6 Å². The first kappa shape index (κ1) is 21.3. The summed E-state index contributed by atoms with van der Waals surface area (Å²) in [6.45, 7) is 3.87. The van der Waals surface area contributed by atoms with Gasteiger partial charge in [0.15, 0.2) is 0 Å². The summed E-state index contributed by atoms with van der Waals surface area (Å²) in [7, 11) is -3.98. The van der Waals surface area contributed by atoms with Crippen LogP contribution >= 0.6 is 0 Å². The fourth-order valence-electron chi connectivity index (χ4n) is 3.21. The third kappa shape index (κ3) is 4.43. The highest BCUT2D eigenvalue weighted by molar-refractivity contribution is 7.89. The molecule has 2 heterocycles. The number of aromatic nitrogens is 1. The van der Waals surface area contributed by atoms with E-state index >= 15 is 0 Å². The molecule has 0 bridgehead atoms. The summed E-state index contributed by atoms with van der Waals surface area (Å²) >= 11 is 0. The van der Waals surface area contributed by atoms with E-state index < -0.39 is 27.8 Å². The van der Waals surface area contributed by atoms with Crippen molar-refractivity contribution < 1.29 is 26.4 Å². The van der Waals surface area contributed by atoms with Gasteiger partial charge >= 0.3 is 6.18 Å². The largest absolute Gasteiger partial charge is 0.416 e. The van der Waals surface area contributed by atoms with Gasteiger partial charge in [0.05, 0.1) is 16.0 Å². The fraction of sp³-hybridized carbons (Fsp3) is 0.368. The fourth-order valence-corrected chi connectivity index (χ4v) is 4.82. The Morgan fingerprint density at radius 2 is 1.76 bits per heavy atom. The molecule has 0 saturated carbocycles. The van der Waals surface area contributed by atoms with Crippen LogP contribution in [0.2, 0.25) is 0 Å². The molecule has 10 heteroatoms. The van der Waals surface area contributed by atoms with E-state index in [1.54, 1.807) is 30.9 Å². The molecule has 1 aromatic carbocycles. The van der Waals surface area contributed by atoms with Crippen molar-refractivity contribution in [2.24, 2.45) is 0 Å². The van der Waals surface area contributed by atoms with Crippen LogP contribution in [0.4, 0.5) is 13.2 Å². The van der Waals surface area contributed by atoms with E-state index in [9.17, 15) is 26.4 Å². The van der Waals surface area contributed by atoms with E-state index in [4.69, 9.17) is 0 Å². The van der Waals surface area contributed by atoms with E-state index in [1.807, 2.05) is 0 Å². The minimum Gasteiger partial charge on any atom is -0.336 e. The molecule has 0 spiro atoms. The molecule has 6 nitrogen and oxygen atoms in total. The molecule has 1 saturated heterocycles. The normalized spacial score (nSPS) is 18.7. The minimum atomic E-state index is -4.54. The molecule has 2 aromatic rings. The van der Waals surface area contributed by atoms with Crippen LogP contribution in [0.3, 0.4) is 0 Å². The zero-order valence-corrected chi connectivity index (χ0v) is 16.7. The van der Waals surface area contributed by atoms with E-state index in [2.05, 4.69) is 4.98 Å². The number of carbonyl (C=O) groups excluding carboxylic acids is 1. The number of pyridine rings is 1. The molecule has 3 rings (SSSR count). The predicted octanol–water partition coefficient (Wildman–Crippen LogP) is 2.94. The summed E-state index contributed by atoms with van der Waals surface area (Å²) < 4.78 is 65.1. The Bertz CT molecular complexity index is 990. The van der Waals surface area contributed by atoms with Gasteiger partial charge in [-0.15, -0.1) is 0 Å². The molecule has 1 amide bonds. The first-order chi connectivity index (χ1) is 13.5. The van der Waals surface area contributed by atoms with Gasteiger partial charge in [0, 0.05) is 37.6 Å². The van der Waals surface area contributed by atoms with Crippen molar-refractivity contribution in [1.29, 1.82) is 0 Å². The third-order valence-electron chi connectivity index (χ3n) is 4.80. The summed E-state index contributed by atoms with van der Waals surface area (Å²) in [6, 6.07) is 6.28. The van der Waals surface area contributed by atoms with Crippen LogP contribution < -0.4 is 0 Å². The van der Waals surface area contributed by atoms with E-state index in [-0.39, 0.29) is 30.4 Å². The Hall–Kier alpha value is -2.46. The van der Waals surface area contributed by atoms with Gasteiger partial charge in [-0.1, -0.05) is 0 Å². The van der Waals surface area contributed by atoms with Gasteiger partial charge in [0.2, 0.25) is 10.0 Å². The molecule has 29 heavy (non-hydrogen) atoms. The average molecular weight is 427 g/mol. The minimum absolute atomic E-state index is 0.0511. The second-order valence-corrected chi connectivity index (χ2v) is 8.82. The lowest BCUT2D eigenvalue weighted by Crippen LogP contribution is -2.55. The number of benzene rings is 1. The predicted molar refractivity (Wildman–Crippen MR) is 99.7 cm³/mol. The van der Waals surface area contributed by atoms with Gasteiger partial charge < -0.3 is 4.90 Å². The molecule has 1 aromatic heterocycles. The molecule has 0 aliphatic carbocycles. The number of nitrogens with zero attached hydrogens (tertiary/aromatic N) is 3. The standard InChI is InChI=1S/C19H20F3N3O3S/c1-13-3-4-15(11-23-13)18(26)24-9-10-25(14(2)12-24)29(27,28)17-7-5-16(6-8-17)19(20,21)22/h3-8,11,14H,9-10,12H2,1-2H3/t14-/m0/s1. The van der Waals surface area contributed by atoms with Gasteiger partial charge in [-0.2, -0.15) is 17.5 Å². The second-order valence-electron chi connectivity index (χ2n) is 6.93. The highest BCUT2D eigenvalue weighted by Crippen LogP contribution is 2.30. The molecule has 0 unspecified atom stereocenters. The van der Waals surface area contributed by atoms with Gasteiger partial charge in [-0.3, -0.25) is 9.78 Å². The summed E-state index contributed by atoms with van der Waals surface area (Å²) in [5.41, 5.74) is 0.288. The van der Waals surface area contributed by atoms with Crippen molar-refractivity contribution in [3.8, 4) is 0 Å². The third-order valence-corrected chi connectivity index (χ3v) is 6.83. The molecule has 0 radical (unpaired) electrons. The van der Waals surface area contributed by atoms with Gasteiger partial charge in [0.25, 0.3) is 5.91 Å². The van der Waals surface area contributed by atoms with Crippen LogP contribution in [0.15, 0.2) is 47.5 Å². The number of hydrogen-bond donors (Lipinski definition) is 0. The lowest BCUT2D eigenvalue weighted by Gasteiger charge is -2.39. The summed E-state index contributed by atoms with van der Waals surface area (Å²) in [5, 5.41) is 0. The smallest absolute Gasteiger partial charge is 0.336 e. The van der Waals surface area contributed by atoms with Crippen molar-refractivity contribution in [2.75, 3.05) is 19.6 Å². The summed E-state index contributed by atoms with van der Waals surface area (Å²) in [6.07, 6.45) is -3.06. The van der Waals surface area contributed by atoms with Crippen molar-refractivity contribution >= 4 is 15.9 Å². The maximum atomic E-state index is 12.9. The van der Waals surface area contributed by atoms with Crippen LogP contribution in [0.25, 0.3) is 0 Å². The molecule has 1 atom stereocenters. The van der Waals surface area contributed by atoms with E-state index in [0.717, 1.165) is 30.0 Å². The van der Waals surface area contributed by atoms with Crippen molar-refractivity contribution in [3.63, 3.8) is 0 Å². The molecular formula is C19H20F3N3O3S. The first-order valence-electron chi connectivity index (χ1n) is 8.91. The number of amides is 1. The van der Waals surface area contributed by atoms with E-state index in [0.29, 0.717) is 5.56 Å². The van der Waals surface area contributed by atoms with Crippen molar-refractivity contribution in [2.45, 2.75) is 31.0 Å². The number of piperazine rings is 1. The Morgan fingerprint density at radius 1 is 1.10 bits per heavy atom. The molecule has 0 N–H and O–H groups in total. The molecule has 1 aliphatic heterocycles. The number of alkyl halides is 3. The van der Waals surface area contributed by atoms with Crippen LogP contribution in [0, 0.1) is 6.92 Å². The molecule has 156 valence electrons. The van der Waals surface area contributed by atoms with Crippen molar-refractivity contribution in [1.82, 2.24) is 14.2 Å². The number of aryl methyl sites for hydroxylation is 1. The Balaban J connectivity index is 1.74. The quantitative estimate of drug-likeness (QED) is 0.755. The van der Waals surface area contributed by atoms with Gasteiger partial charge in [-0.25, -0.2) is 8.42 Å². The second kappa shape index (κ2) is 7.75. The SMILES string of the molecule is Cc1ccc(C(=O)N2CCN(S(=O)(=O)c3ccc(C(F)(F)F)cc3)[C@@H](C)C2)cn1. The summed E-state index contributed by atoms with van der Waals surface area (Å²) in [5.74, 6) is -0.240. The zero-order chi connectivity index (χ0) is 21.4. The average Bonchev–Trinajstić information content (AvgIpc) is 2.67. The number of halogens is 3. The Kier molecular flexibility index (Phi) is 5.68. The van der Waals surface area contributed by atoms with Crippen molar-refractivity contribution in [3.05, 3.63) is 59.4 Å². The molecule has 1 aliphatic rings. The monoisotopic (exact) mass is 427 g/mol. The highest BCUT2D eigenvalue weighted by atomic mass is 32.2. The maximum absolute atomic E-state index is 12.9. The molecular weight excluding hydrogens is 407 g/mol. The maximum Gasteiger partial charge on any atom is 0.416 e. The van der Waals surface area contributed by atoms with Crippen LogP contribution in [0.1, 0.15) is 28.5 Å². The summed E-state index contributed by atoms with van der Waals surface area (Å²) in [4.78, 5) is 18.1. The first-order valence-corrected chi connectivity index (χ1v) is 10.3. The number of rotatable bonds is 3. The van der Waals surface area contributed by atoms with Gasteiger partial charge in [0.1, 0.15) is 0 Å². The zero-order valence-electron chi connectivity index (χ0n) is 15.8. The number of hydrogen-bond acceptors (Lipinski definition) is 4. The van der Waals surface area contributed by atoms with Gasteiger partial charge in [-0.05, 0) is 50.2 Å². The number of carbonyl (C=O) groups is 1. The number of sulfonamides is 1.